The predicted molar refractivity (Wildman–Crippen MR) is 85.4 cm³/mol. The van der Waals surface area contributed by atoms with Gasteiger partial charge in [-0.1, -0.05) is 25.1 Å². The molecule has 4 nitrogen and oxygen atoms in total. The van der Waals surface area contributed by atoms with Crippen LogP contribution >= 0.6 is 0 Å². The smallest absolute Gasteiger partial charge is 0.123 e. The van der Waals surface area contributed by atoms with Crippen molar-refractivity contribution in [1.82, 2.24) is 4.90 Å². The molecular formula is C17H28N2O2. The molecule has 0 bridgehead atoms. The van der Waals surface area contributed by atoms with E-state index >= 15 is 0 Å². The molecule has 21 heavy (non-hydrogen) atoms. The maximum absolute atomic E-state index is 9.31. The van der Waals surface area contributed by atoms with E-state index in [4.69, 9.17) is 10.5 Å². The molecule has 2 atom stereocenters. The van der Waals surface area contributed by atoms with Gasteiger partial charge in [-0.3, -0.25) is 4.90 Å². The Morgan fingerprint density at radius 3 is 2.57 bits per heavy atom. The van der Waals surface area contributed by atoms with Crippen molar-refractivity contribution >= 4 is 0 Å². The van der Waals surface area contributed by atoms with Crippen LogP contribution in [0.4, 0.5) is 0 Å². The van der Waals surface area contributed by atoms with E-state index in [1.54, 1.807) is 7.11 Å². The molecule has 3 N–H and O–H groups in total. The minimum Gasteiger partial charge on any atom is -0.496 e. The number of piperidine rings is 1. The highest BCUT2D eigenvalue weighted by Gasteiger charge is 2.31. The SMILES string of the molecule is CCC(N)C(c1ccccc1OC)N1CCC(CO)CC1. The zero-order valence-electron chi connectivity index (χ0n) is 13.2. The summed E-state index contributed by atoms with van der Waals surface area (Å²) in [6.45, 7) is 4.41. The number of aliphatic hydroxyl groups is 1. The van der Waals surface area contributed by atoms with Gasteiger partial charge in [-0.05, 0) is 44.3 Å². The van der Waals surface area contributed by atoms with E-state index < -0.39 is 0 Å². The Morgan fingerprint density at radius 2 is 2.00 bits per heavy atom. The van der Waals surface area contributed by atoms with E-state index in [9.17, 15) is 5.11 Å². The summed E-state index contributed by atoms with van der Waals surface area (Å²) < 4.78 is 5.53. The second-order valence-electron chi connectivity index (χ2n) is 5.92. The maximum Gasteiger partial charge on any atom is 0.123 e. The highest BCUT2D eigenvalue weighted by atomic mass is 16.5. The van der Waals surface area contributed by atoms with Crippen molar-refractivity contribution in [2.24, 2.45) is 11.7 Å². The lowest BCUT2D eigenvalue weighted by Gasteiger charge is -2.40. The number of ether oxygens (including phenoxy) is 1. The molecular weight excluding hydrogens is 264 g/mol. The van der Waals surface area contributed by atoms with Crippen molar-refractivity contribution in [1.29, 1.82) is 0 Å². The molecule has 118 valence electrons. The highest BCUT2D eigenvalue weighted by Crippen LogP contribution is 2.34. The topological polar surface area (TPSA) is 58.7 Å². The number of hydrogen-bond donors (Lipinski definition) is 2. The third-order valence-electron chi connectivity index (χ3n) is 4.64. The van der Waals surface area contributed by atoms with Gasteiger partial charge in [-0.25, -0.2) is 0 Å². The van der Waals surface area contributed by atoms with Crippen molar-refractivity contribution in [3.8, 4) is 5.75 Å². The van der Waals surface area contributed by atoms with Crippen LogP contribution in [0, 0.1) is 5.92 Å². The van der Waals surface area contributed by atoms with Crippen LogP contribution in [0.5, 0.6) is 5.75 Å². The van der Waals surface area contributed by atoms with Gasteiger partial charge in [0.25, 0.3) is 0 Å². The van der Waals surface area contributed by atoms with Crippen molar-refractivity contribution in [2.45, 2.75) is 38.3 Å². The summed E-state index contributed by atoms with van der Waals surface area (Å²) in [4.78, 5) is 2.46. The van der Waals surface area contributed by atoms with Crippen LogP contribution < -0.4 is 10.5 Å². The third kappa shape index (κ3) is 3.76. The van der Waals surface area contributed by atoms with Crippen LogP contribution in [0.1, 0.15) is 37.8 Å². The van der Waals surface area contributed by atoms with E-state index in [0.717, 1.165) is 38.1 Å². The first kappa shape index (κ1) is 16.3. The summed E-state index contributed by atoms with van der Waals surface area (Å²) in [5, 5.41) is 9.31. The molecule has 0 aromatic heterocycles. The first-order chi connectivity index (χ1) is 10.2. The van der Waals surface area contributed by atoms with Crippen molar-refractivity contribution in [3.05, 3.63) is 29.8 Å². The predicted octanol–water partition coefficient (Wildman–Crippen LogP) is 2.18. The Morgan fingerprint density at radius 1 is 1.33 bits per heavy atom. The number of rotatable bonds is 6. The zero-order valence-corrected chi connectivity index (χ0v) is 13.2. The summed E-state index contributed by atoms with van der Waals surface area (Å²) in [5.41, 5.74) is 7.60. The molecule has 4 heteroatoms. The largest absolute Gasteiger partial charge is 0.496 e. The summed E-state index contributed by atoms with van der Waals surface area (Å²) in [6, 6.07) is 8.45. The third-order valence-corrected chi connectivity index (χ3v) is 4.64. The fourth-order valence-electron chi connectivity index (χ4n) is 3.25. The molecule has 1 fully saturated rings. The second kappa shape index (κ2) is 7.78. The summed E-state index contributed by atoms with van der Waals surface area (Å²) in [5.74, 6) is 1.35. The van der Waals surface area contributed by atoms with Crippen molar-refractivity contribution in [2.75, 3.05) is 26.8 Å². The number of methoxy groups -OCH3 is 1. The first-order valence-corrected chi connectivity index (χ1v) is 7.94. The maximum atomic E-state index is 9.31. The molecule has 0 aliphatic carbocycles. The van der Waals surface area contributed by atoms with Crippen LogP contribution in [0.2, 0.25) is 0 Å². The molecule has 1 aliphatic rings. The Bertz CT molecular complexity index is 431. The molecule has 2 rings (SSSR count). The van der Waals surface area contributed by atoms with Crippen LogP contribution in [0.15, 0.2) is 24.3 Å². The van der Waals surface area contributed by atoms with Crippen LogP contribution in [-0.4, -0.2) is 42.9 Å². The fourth-order valence-corrected chi connectivity index (χ4v) is 3.25. The Hall–Kier alpha value is -1.10. The van der Waals surface area contributed by atoms with E-state index in [1.807, 2.05) is 18.2 Å². The molecule has 0 spiro atoms. The Labute approximate surface area is 127 Å². The van der Waals surface area contributed by atoms with Gasteiger partial charge in [0.15, 0.2) is 0 Å². The summed E-state index contributed by atoms with van der Waals surface area (Å²) >= 11 is 0. The molecule has 1 aliphatic heterocycles. The van der Waals surface area contributed by atoms with Gasteiger partial charge in [-0.15, -0.1) is 0 Å². The van der Waals surface area contributed by atoms with E-state index in [-0.39, 0.29) is 12.1 Å². The number of aliphatic hydroxyl groups excluding tert-OH is 1. The van der Waals surface area contributed by atoms with Gasteiger partial charge in [0.2, 0.25) is 0 Å². The van der Waals surface area contributed by atoms with E-state index in [1.165, 1.54) is 5.56 Å². The monoisotopic (exact) mass is 292 g/mol. The van der Waals surface area contributed by atoms with Gasteiger partial charge in [0.05, 0.1) is 13.2 Å². The fraction of sp³-hybridized carbons (Fsp3) is 0.647. The standard InChI is InChI=1S/C17H28N2O2/c1-3-15(18)17(14-6-4-5-7-16(14)21-2)19-10-8-13(12-20)9-11-19/h4-7,13,15,17,20H,3,8-12,18H2,1-2H3. The highest BCUT2D eigenvalue weighted by molar-refractivity contribution is 5.37. The van der Waals surface area contributed by atoms with Gasteiger partial charge < -0.3 is 15.6 Å². The quantitative estimate of drug-likeness (QED) is 0.844. The molecule has 1 saturated heterocycles. The average Bonchev–Trinajstić information content (AvgIpc) is 2.56. The van der Waals surface area contributed by atoms with Gasteiger partial charge in [0.1, 0.15) is 5.75 Å². The number of benzene rings is 1. The first-order valence-electron chi connectivity index (χ1n) is 7.94. The molecule has 0 amide bonds. The van der Waals surface area contributed by atoms with Crippen LogP contribution in [0.25, 0.3) is 0 Å². The van der Waals surface area contributed by atoms with Crippen molar-refractivity contribution < 1.29 is 9.84 Å². The normalized spacial score (nSPS) is 20.2. The molecule has 0 radical (unpaired) electrons. The second-order valence-corrected chi connectivity index (χ2v) is 5.92. The molecule has 1 aromatic rings. The number of hydrogen-bond acceptors (Lipinski definition) is 4. The number of para-hydroxylation sites is 1. The molecule has 1 heterocycles. The molecule has 2 unspecified atom stereocenters. The lowest BCUT2D eigenvalue weighted by Crippen LogP contribution is -2.45. The summed E-state index contributed by atoms with van der Waals surface area (Å²) in [6.07, 6.45) is 3.01. The van der Waals surface area contributed by atoms with E-state index in [2.05, 4.69) is 17.9 Å². The lowest BCUT2D eigenvalue weighted by molar-refractivity contribution is 0.0873. The number of nitrogens with two attached hydrogens (primary N) is 1. The number of nitrogens with zero attached hydrogens (tertiary/aromatic N) is 1. The molecule has 1 aromatic carbocycles. The lowest BCUT2D eigenvalue weighted by atomic mass is 9.90. The number of likely N-dealkylation sites (tertiary alicyclic amines) is 1. The van der Waals surface area contributed by atoms with Gasteiger partial charge in [-0.2, -0.15) is 0 Å². The van der Waals surface area contributed by atoms with Crippen LogP contribution in [-0.2, 0) is 0 Å². The Balaban J connectivity index is 2.23. The van der Waals surface area contributed by atoms with Gasteiger partial charge in [0, 0.05) is 18.2 Å². The van der Waals surface area contributed by atoms with Gasteiger partial charge >= 0.3 is 0 Å². The minimum atomic E-state index is 0.0898. The van der Waals surface area contributed by atoms with Crippen LogP contribution in [0.3, 0.4) is 0 Å². The average molecular weight is 292 g/mol. The van der Waals surface area contributed by atoms with Crippen molar-refractivity contribution in [3.63, 3.8) is 0 Å². The zero-order chi connectivity index (χ0) is 15.2. The Kier molecular flexibility index (Phi) is 6.03. The summed E-state index contributed by atoms with van der Waals surface area (Å²) in [7, 11) is 1.71. The minimum absolute atomic E-state index is 0.0898. The molecule has 0 saturated carbocycles. The van der Waals surface area contributed by atoms with E-state index in [0.29, 0.717) is 12.5 Å².